The normalized spacial score (nSPS) is 21.8. The number of phenolic OH excluding ortho intramolecular Hbond substituents is 2. The van der Waals surface area contributed by atoms with E-state index in [1.807, 2.05) is 12.1 Å². The topological polar surface area (TPSA) is 88.0 Å². The number of Topliss-reactive ketones (excluding diaryl/α,β-unsaturated/α-hetero) is 1. The summed E-state index contributed by atoms with van der Waals surface area (Å²) in [6.45, 7) is 4.35. The van der Waals surface area contributed by atoms with Crippen LogP contribution in [0.15, 0.2) is 41.6 Å². The van der Waals surface area contributed by atoms with Crippen LogP contribution in [-0.4, -0.2) is 22.8 Å². The number of aromatic hydroxyl groups is 2. The van der Waals surface area contributed by atoms with Crippen molar-refractivity contribution in [3.05, 3.63) is 52.7 Å². The number of ether oxygens (including phenoxy) is 2. The Morgan fingerprint density at radius 2 is 1.79 bits per heavy atom. The van der Waals surface area contributed by atoms with E-state index in [0.717, 1.165) is 34.5 Å². The van der Waals surface area contributed by atoms with Gasteiger partial charge < -0.3 is 25.0 Å². The zero-order valence-corrected chi connectivity index (χ0v) is 15.7. The summed E-state index contributed by atoms with van der Waals surface area (Å²) >= 11 is 0. The lowest BCUT2D eigenvalue weighted by Crippen LogP contribution is -2.33. The molecule has 0 radical (unpaired) electrons. The maximum Gasteiger partial charge on any atom is 0.231 e. The molecule has 2 aromatic carbocycles. The Bertz CT molecular complexity index is 1050. The van der Waals surface area contributed by atoms with Crippen LogP contribution in [0.1, 0.15) is 43.7 Å². The van der Waals surface area contributed by atoms with Crippen molar-refractivity contribution in [3.8, 4) is 23.0 Å². The molecule has 6 heteroatoms. The summed E-state index contributed by atoms with van der Waals surface area (Å²) in [6, 6.07) is 8.53. The van der Waals surface area contributed by atoms with Crippen LogP contribution < -0.4 is 14.8 Å². The molecular formula is C22H21NO5. The first-order valence-corrected chi connectivity index (χ1v) is 9.31. The number of carbonyl (C=O) groups excluding carboxylic acids is 1. The van der Waals surface area contributed by atoms with Gasteiger partial charge in [0.15, 0.2) is 28.8 Å². The standard InChI is InChI=1S/C22H21NO5/c1-22(2)8-14-21(17(26)9-22)20(11-3-4-15(24)16(25)5-11)12-6-18-19(28-10-27-18)7-13(12)23-14/h3-7,20,23-25H,8-10H2,1-2H3/t20-/m1/s1. The molecule has 0 aromatic heterocycles. The van der Waals surface area contributed by atoms with Crippen LogP contribution in [0.5, 0.6) is 23.0 Å². The second-order valence-electron chi connectivity index (χ2n) is 8.43. The molecule has 3 aliphatic rings. The van der Waals surface area contributed by atoms with Crippen molar-refractivity contribution in [3.63, 3.8) is 0 Å². The molecule has 1 atom stereocenters. The van der Waals surface area contributed by atoms with Gasteiger partial charge in [0, 0.05) is 35.4 Å². The van der Waals surface area contributed by atoms with Crippen molar-refractivity contribution in [1.29, 1.82) is 0 Å². The zero-order valence-electron chi connectivity index (χ0n) is 15.7. The Kier molecular flexibility index (Phi) is 3.44. The minimum absolute atomic E-state index is 0.0969. The molecule has 1 aliphatic carbocycles. The van der Waals surface area contributed by atoms with Gasteiger partial charge in [-0.1, -0.05) is 19.9 Å². The van der Waals surface area contributed by atoms with Crippen LogP contribution >= 0.6 is 0 Å². The van der Waals surface area contributed by atoms with E-state index in [1.54, 1.807) is 6.07 Å². The van der Waals surface area contributed by atoms with Crippen molar-refractivity contribution in [1.82, 2.24) is 0 Å². The molecule has 0 saturated carbocycles. The number of nitrogens with one attached hydrogen (secondary N) is 1. The summed E-state index contributed by atoms with van der Waals surface area (Å²) in [6.07, 6.45) is 1.22. The minimum Gasteiger partial charge on any atom is -0.504 e. The number of hydrogen-bond acceptors (Lipinski definition) is 6. The smallest absolute Gasteiger partial charge is 0.231 e. The van der Waals surface area contributed by atoms with Gasteiger partial charge in [-0.2, -0.15) is 0 Å². The third kappa shape index (κ3) is 2.52. The lowest BCUT2D eigenvalue weighted by molar-refractivity contribution is -0.118. The van der Waals surface area contributed by atoms with E-state index in [0.29, 0.717) is 17.9 Å². The quantitative estimate of drug-likeness (QED) is 0.649. The Balaban J connectivity index is 1.74. The summed E-state index contributed by atoms with van der Waals surface area (Å²) in [5.41, 5.74) is 4.00. The molecule has 28 heavy (non-hydrogen) atoms. The third-order valence-corrected chi connectivity index (χ3v) is 5.68. The monoisotopic (exact) mass is 379 g/mol. The van der Waals surface area contributed by atoms with Crippen LogP contribution in [0.3, 0.4) is 0 Å². The highest BCUT2D eigenvalue weighted by Crippen LogP contribution is 2.52. The van der Waals surface area contributed by atoms with Gasteiger partial charge in [0.2, 0.25) is 6.79 Å². The third-order valence-electron chi connectivity index (χ3n) is 5.68. The maximum atomic E-state index is 13.2. The van der Waals surface area contributed by atoms with E-state index in [9.17, 15) is 15.0 Å². The lowest BCUT2D eigenvalue weighted by atomic mass is 9.68. The number of benzene rings is 2. The average Bonchev–Trinajstić information content (AvgIpc) is 3.07. The van der Waals surface area contributed by atoms with Crippen LogP contribution in [-0.2, 0) is 4.79 Å². The number of rotatable bonds is 1. The minimum atomic E-state index is -0.351. The van der Waals surface area contributed by atoms with Crippen molar-refractivity contribution < 1.29 is 24.5 Å². The number of fused-ring (bicyclic) bond motifs is 2. The number of anilines is 1. The molecule has 6 nitrogen and oxygen atoms in total. The molecule has 3 N–H and O–H groups in total. The first kappa shape index (κ1) is 17.0. The van der Waals surface area contributed by atoms with Gasteiger partial charge in [-0.25, -0.2) is 0 Å². The fraction of sp³-hybridized carbons (Fsp3) is 0.318. The maximum absolute atomic E-state index is 13.2. The predicted molar refractivity (Wildman–Crippen MR) is 103 cm³/mol. The van der Waals surface area contributed by atoms with Crippen LogP contribution in [0.4, 0.5) is 5.69 Å². The highest BCUT2D eigenvalue weighted by molar-refractivity contribution is 6.01. The van der Waals surface area contributed by atoms with Gasteiger partial charge >= 0.3 is 0 Å². The van der Waals surface area contributed by atoms with E-state index in [2.05, 4.69) is 19.2 Å². The van der Waals surface area contributed by atoms with Gasteiger partial charge in [0.05, 0.1) is 0 Å². The molecule has 2 aromatic rings. The number of allylic oxidation sites excluding steroid dienone is 2. The molecule has 5 rings (SSSR count). The largest absolute Gasteiger partial charge is 0.504 e. The Hall–Kier alpha value is -3.15. The average molecular weight is 379 g/mol. The van der Waals surface area contributed by atoms with Crippen LogP contribution in [0.2, 0.25) is 0 Å². The summed E-state index contributed by atoms with van der Waals surface area (Å²) < 4.78 is 11.1. The number of ketones is 1. The van der Waals surface area contributed by atoms with E-state index in [4.69, 9.17) is 9.47 Å². The first-order valence-electron chi connectivity index (χ1n) is 9.31. The molecule has 2 heterocycles. The van der Waals surface area contributed by atoms with Gasteiger partial charge in [-0.15, -0.1) is 0 Å². The number of carbonyl (C=O) groups is 1. The van der Waals surface area contributed by atoms with Crippen molar-refractivity contribution in [2.24, 2.45) is 5.41 Å². The molecule has 144 valence electrons. The van der Waals surface area contributed by atoms with E-state index in [-0.39, 0.29) is 35.4 Å². The fourth-order valence-corrected chi connectivity index (χ4v) is 4.47. The Morgan fingerprint density at radius 1 is 1.04 bits per heavy atom. The lowest BCUT2D eigenvalue weighted by Gasteiger charge is -2.39. The van der Waals surface area contributed by atoms with Gasteiger partial charge in [-0.3, -0.25) is 4.79 Å². The summed E-state index contributed by atoms with van der Waals surface area (Å²) in [5.74, 6) is 0.665. The molecule has 0 fully saturated rings. The zero-order chi connectivity index (χ0) is 19.6. The molecule has 0 bridgehead atoms. The molecule has 2 aliphatic heterocycles. The van der Waals surface area contributed by atoms with Crippen molar-refractivity contribution >= 4 is 11.5 Å². The second-order valence-corrected chi connectivity index (χ2v) is 8.43. The van der Waals surface area contributed by atoms with E-state index >= 15 is 0 Å². The Morgan fingerprint density at radius 3 is 2.54 bits per heavy atom. The molecular weight excluding hydrogens is 358 g/mol. The number of hydrogen-bond donors (Lipinski definition) is 3. The van der Waals surface area contributed by atoms with Crippen molar-refractivity contribution in [2.45, 2.75) is 32.6 Å². The summed E-state index contributed by atoms with van der Waals surface area (Å²) in [7, 11) is 0. The summed E-state index contributed by atoms with van der Waals surface area (Å²) in [4.78, 5) is 13.2. The SMILES string of the molecule is CC1(C)CC(=O)C2=C(C1)Nc1cc3c(cc1[C@H]2c1ccc(O)c(O)c1)OCO3. The number of phenols is 2. The highest BCUT2D eigenvalue weighted by Gasteiger charge is 2.41. The molecule has 0 saturated heterocycles. The van der Waals surface area contributed by atoms with E-state index < -0.39 is 0 Å². The van der Waals surface area contributed by atoms with Crippen molar-refractivity contribution in [2.75, 3.05) is 12.1 Å². The van der Waals surface area contributed by atoms with E-state index in [1.165, 1.54) is 12.1 Å². The summed E-state index contributed by atoms with van der Waals surface area (Å²) in [5, 5.41) is 23.3. The molecule has 0 unspecified atom stereocenters. The van der Waals surface area contributed by atoms with Crippen LogP contribution in [0, 0.1) is 5.41 Å². The van der Waals surface area contributed by atoms with Crippen LogP contribution in [0.25, 0.3) is 0 Å². The van der Waals surface area contributed by atoms with Gasteiger partial charge in [-0.05, 0) is 41.2 Å². The fourth-order valence-electron chi connectivity index (χ4n) is 4.47. The Labute approximate surface area is 162 Å². The molecule has 0 spiro atoms. The van der Waals surface area contributed by atoms with Gasteiger partial charge in [0.25, 0.3) is 0 Å². The predicted octanol–water partition coefficient (Wildman–Crippen LogP) is 4.03. The first-order chi connectivity index (χ1) is 13.3. The highest BCUT2D eigenvalue weighted by atomic mass is 16.7. The van der Waals surface area contributed by atoms with Gasteiger partial charge in [0.1, 0.15) is 0 Å². The molecule has 0 amide bonds. The second kappa shape index (κ2) is 5.67.